The van der Waals surface area contributed by atoms with E-state index in [0.717, 1.165) is 11.3 Å². The molecule has 1 aliphatic heterocycles. The van der Waals surface area contributed by atoms with Crippen LogP contribution in [0.25, 0.3) is 0 Å². The number of rotatable bonds is 5. The van der Waals surface area contributed by atoms with Crippen molar-refractivity contribution >= 4 is 11.6 Å². The second-order valence-corrected chi connectivity index (χ2v) is 5.40. The minimum atomic E-state index is -0.487. The molecule has 0 saturated carbocycles. The average molecular weight is 328 g/mol. The van der Waals surface area contributed by atoms with Crippen LogP contribution in [-0.4, -0.2) is 24.2 Å². The third-order valence-electron chi connectivity index (χ3n) is 3.88. The molecule has 0 aliphatic carbocycles. The molecule has 1 N–H and O–H groups in total. The second-order valence-electron chi connectivity index (χ2n) is 5.40. The SMILES string of the molecule is Cc1c(C(=O)NCCc2ccc3c(c2)OCO3)cccc1[N+](=O)[O-]. The third kappa shape index (κ3) is 3.15. The van der Waals surface area contributed by atoms with Crippen molar-refractivity contribution in [3.05, 3.63) is 63.2 Å². The number of ether oxygens (including phenoxy) is 2. The molecule has 0 bridgehead atoms. The van der Waals surface area contributed by atoms with E-state index in [9.17, 15) is 14.9 Å². The van der Waals surface area contributed by atoms with Crippen LogP contribution in [0.1, 0.15) is 21.5 Å². The molecule has 0 atom stereocenters. The zero-order valence-electron chi connectivity index (χ0n) is 13.1. The number of nitrogens with one attached hydrogen (secondary N) is 1. The fourth-order valence-corrected chi connectivity index (χ4v) is 2.58. The lowest BCUT2D eigenvalue weighted by Gasteiger charge is -2.08. The molecular weight excluding hydrogens is 312 g/mol. The number of fused-ring (bicyclic) bond motifs is 1. The summed E-state index contributed by atoms with van der Waals surface area (Å²) in [5, 5.41) is 13.7. The molecule has 1 amide bonds. The van der Waals surface area contributed by atoms with E-state index < -0.39 is 4.92 Å². The Morgan fingerprint density at radius 1 is 1.25 bits per heavy atom. The number of hydrogen-bond donors (Lipinski definition) is 1. The largest absolute Gasteiger partial charge is 0.454 e. The Balaban J connectivity index is 1.62. The van der Waals surface area contributed by atoms with Gasteiger partial charge in [-0.25, -0.2) is 0 Å². The molecule has 0 fully saturated rings. The Kier molecular flexibility index (Phi) is 4.33. The van der Waals surface area contributed by atoms with E-state index in [2.05, 4.69) is 5.32 Å². The van der Waals surface area contributed by atoms with Crippen molar-refractivity contribution in [2.24, 2.45) is 0 Å². The van der Waals surface area contributed by atoms with Gasteiger partial charge in [-0.05, 0) is 37.1 Å². The van der Waals surface area contributed by atoms with Crippen LogP contribution >= 0.6 is 0 Å². The van der Waals surface area contributed by atoms with E-state index in [1.807, 2.05) is 18.2 Å². The van der Waals surface area contributed by atoms with Crippen molar-refractivity contribution in [3.63, 3.8) is 0 Å². The van der Waals surface area contributed by atoms with Gasteiger partial charge in [-0.2, -0.15) is 0 Å². The zero-order valence-corrected chi connectivity index (χ0v) is 13.1. The molecule has 0 saturated heterocycles. The molecule has 24 heavy (non-hydrogen) atoms. The lowest BCUT2D eigenvalue weighted by Crippen LogP contribution is -2.26. The summed E-state index contributed by atoms with van der Waals surface area (Å²) in [6.45, 7) is 2.22. The summed E-state index contributed by atoms with van der Waals surface area (Å²) in [6.07, 6.45) is 0.621. The van der Waals surface area contributed by atoms with E-state index in [0.29, 0.717) is 29.8 Å². The van der Waals surface area contributed by atoms with E-state index >= 15 is 0 Å². The summed E-state index contributed by atoms with van der Waals surface area (Å²) in [5.41, 5.74) is 1.63. The highest BCUT2D eigenvalue weighted by Crippen LogP contribution is 2.32. The van der Waals surface area contributed by atoms with Crippen LogP contribution in [0.15, 0.2) is 36.4 Å². The van der Waals surface area contributed by atoms with E-state index in [1.54, 1.807) is 13.0 Å². The monoisotopic (exact) mass is 328 g/mol. The molecule has 0 radical (unpaired) electrons. The minimum absolute atomic E-state index is 0.0570. The maximum Gasteiger partial charge on any atom is 0.273 e. The number of nitro benzene ring substituents is 1. The summed E-state index contributed by atoms with van der Waals surface area (Å²) in [6, 6.07) is 10.1. The maximum absolute atomic E-state index is 12.2. The molecule has 1 heterocycles. The highest BCUT2D eigenvalue weighted by Gasteiger charge is 2.18. The highest BCUT2D eigenvalue weighted by atomic mass is 16.7. The molecule has 1 aliphatic rings. The van der Waals surface area contributed by atoms with Crippen molar-refractivity contribution in [1.82, 2.24) is 5.32 Å². The predicted octanol–water partition coefficient (Wildman–Crippen LogP) is 2.60. The van der Waals surface area contributed by atoms with E-state index in [1.165, 1.54) is 12.1 Å². The van der Waals surface area contributed by atoms with Gasteiger partial charge in [0.05, 0.1) is 4.92 Å². The number of benzene rings is 2. The first-order valence-electron chi connectivity index (χ1n) is 7.47. The Labute approximate surface area is 138 Å². The lowest BCUT2D eigenvalue weighted by atomic mass is 10.1. The summed E-state index contributed by atoms with van der Waals surface area (Å²) < 4.78 is 10.6. The molecule has 124 valence electrons. The first-order chi connectivity index (χ1) is 11.6. The number of nitro groups is 1. The van der Waals surface area contributed by atoms with Crippen LogP contribution in [0.4, 0.5) is 5.69 Å². The lowest BCUT2D eigenvalue weighted by molar-refractivity contribution is -0.385. The minimum Gasteiger partial charge on any atom is -0.454 e. The zero-order chi connectivity index (χ0) is 17.1. The normalized spacial score (nSPS) is 12.0. The van der Waals surface area contributed by atoms with E-state index in [-0.39, 0.29) is 18.4 Å². The number of carbonyl (C=O) groups is 1. The molecule has 0 aromatic heterocycles. The molecule has 3 rings (SSSR count). The number of amides is 1. The first-order valence-corrected chi connectivity index (χ1v) is 7.47. The van der Waals surface area contributed by atoms with Gasteiger partial charge in [-0.15, -0.1) is 0 Å². The molecule has 7 heteroatoms. The van der Waals surface area contributed by atoms with Gasteiger partial charge in [0.1, 0.15) is 0 Å². The van der Waals surface area contributed by atoms with Crippen LogP contribution in [0, 0.1) is 17.0 Å². The smallest absolute Gasteiger partial charge is 0.273 e. The van der Waals surface area contributed by atoms with Crippen LogP contribution < -0.4 is 14.8 Å². The quantitative estimate of drug-likeness (QED) is 0.673. The fraction of sp³-hybridized carbons (Fsp3) is 0.235. The molecule has 2 aromatic rings. The number of carbonyl (C=O) groups excluding carboxylic acids is 1. The van der Waals surface area contributed by atoms with Crippen LogP contribution in [0.2, 0.25) is 0 Å². The third-order valence-corrected chi connectivity index (χ3v) is 3.88. The van der Waals surface area contributed by atoms with Crippen molar-refractivity contribution in [1.29, 1.82) is 0 Å². The predicted molar refractivity (Wildman–Crippen MR) is 86.4 cm³/mol. The molecular formula is C17H16N2O5. The topological polar surface area (TPSA) is 90.7 Å². The Hall–Kier alpha value is -3.09. The van der Waals surface area contributed by atoms with Gasteiger partial charge < -0.3 is 14.8 Å². The average Bonchev–Trinajstić information content (AvgIpc) is 3.02. The Morgan fingerprint density at radius 2 is 2.04 bits per heavy atom. The summed E-state index contributed by atoms with van der Waals surface area (Å²) >= 11 is 0. The van der Waals surface area contributed by atoms with Gasteiger partial charge >= 0.3 is 0 Å². The Bertz CT molecular complexity index is 804. The molecule has 0 spiro atoms. The van der Waals surface area contributed by atoms with Gasteiger partial charge in [0.2, 0.25) is 6.79 Å². The first kappa shape index (κ1) is 15.8. The van der Waals surface area contributed by atoms with Crippen molar-refractivity contribution in [2.75, 3.05) is 13.3 Å². The van der Waals surface area contributed by atoms with Gasteiger partial charge in [0.15, 0.2) is 11.5 Å². The second kappa shape index (κ2) is 6.57. The standard InChI is InChI=1S/C17H16N2O5/c1-11-13(3-2-4-14(11)19(21)22)17(20)18-8-7-12-5-6-15-16(9-12)24-10-23-15/h2-6,9H,7-8,10H2,1H3,(H,18,20). The van der Waals surface area contributed by atoms with E-state index in [4.69, 9.17) is 9.47 Å². The Morgan fingerprint density at radius 3 is 2.83 bits per heavy atom. The summed E-state index contributed by atoms with van der Waals surface area (Å²) in [5.74, 6) is 1.10. The molecule has 0 unspecified atom stereocenters. The van der Waals surface area contributed by atoms with Crippen LogP contribution in [-0.2, 0) is 6.42 Å². The van der Waals surface area contributed by atoms with Crippen LogP contribution in [0.5, 0.6) is 11.5 Å². The van der Waals surface area contributed by atoms with Crippen molar-refractivity contribution in [3.8, 4) is 11.5 Å². The number of nitrogens with zero attached hydrogens (tertiary/aromatic N) is 1. The van der Waals surface area contributed by atoms with Gasteiger partial charge in [0.25, 0.3) is 11.6 Å². The van der Waals surface area contributed by atoms with Gasteiger partial charge in [-0.3, -0.25) is 14.9 Å². The maximum atomic E-state index is 12.2. The molecule has 2 aromatic carbocycles. The summed E-state index contributed by atoms with van der Waals surface area (Å²) in [4.78, 5) is 22.7. The van der Waals surface area contributed by atoms with Crippen LogP contribution in [0.3, 0.4) is 0 Å². The highest BCUT2D eigenvalue weighted by molar-refractivity contribution is 5.96. The van der Waals surface area contributed by atoms with Gasteiger partial charge in [0, 0.05) is 23.7 Å². The van der Waals surface area contributed by atoms with Crippen molar-refractivity contribution in [2.45, 2.75) is 13.3 Å². The number of hydrogen-bond acceptors (Lipinski definition) is 5. The fourth-order valence-electron chi connectivity index (χ4n) is 2.58. The molecule has 7 nitrogen and oxygen atoms in total. The van der Waals surface area contributed by atoms with Gasteiger partial charge in [-0.1, -0.05) is 12.1 Å². The summed E-state index contributed by atoms with van der Waals surface area (Å²) in [7, 11) is 0. The van der Waals surface area contributed by atoms with Crippen molar-refractivity contribution < 1.29 is 19.2 Å².